The summed E-state index contributed by atoms with van der Waals surface area (Å²) in [6.07, 6.45) is -2.86. The van der Waals surface area contributed by atoms with Gasteiger partial charge in [-0.05, 0) is 30.2 Å². The monoisotopic (exact) mass is 461 g/mol. The highest BCUT2D eigenvalue weighted by atomic mass is 19.4. The number of benzene rings is 3. The van der Waals surface area contributed by atoms with Crippen LogP contribution in [0.25, 0.3) is 10.8 Å². The zero-order valence-corrected chi connectivity index (χ0v) is 17.2. The summed E-state index contributed by atoms with van der Waals surface area (Å²) in [6.45, 7) is 0.104. The van der Waals surface area contributed by atoms with Crippen molar-refractivity contribution in [2.75, 3.05) is 0 Å². The molecule has 33 heavy (non-hydrogen) atoms. The van der Waals surface area contributed by atoms with Crippen LogP contribution in [0.1, 0.15) is 40.7 Å². The van der Waals surface area contributed by atoms with E-state index in [4.69, 9.17) is 9.47 Å². The van der Waals surface area contributed by atoms with Crippen molar-refractivity contribution in [1.82, 2.24) is 5.32 Å². The second kappa shape index (κ2) is 8.73. The Morgan fingerprint density at radius 2 is 1.73 bits per heavy atom. The Morgan fingerprint density at radius 3 is 2.30 bits per heavy atom. The zero-order valence-electron chi connectivity index (χ0n) is 17.2. The molecule has 3 aromatic rings. The molecule has 1 aliphatic rings. The average Bonchev–Trinajstić information content (AvgIpc) is 2.76. The predicted molar refractivity (Wildman–Crippen MR) is 111 cm³/mol. The maximum absolute atomic E-state index is 14.8. The van der Waals surface area contributed by atoms with E-state index in [0.717, 1.165) is 24.6 Å². The van der Waals surface area contributed by atoms with E-state index in [1.54, 1.807) is 18.2 Å². The van der Waals surface area contributed by atoms with Gasteiger partial charge in [-0.15, -0.1) is 0 Å². The minimum absolute atomic E-state index is 0.0741. The average molecular weight is 461 g/mol. The molecule has 0 radical (unpaired) electrons. The fourth-order valence-corrected chi connectivity index (χ4v) is 3.71. The van der Waals surface area contributed by atoms with E-state index in [0.29, 0.717) is 23.8 Å². The Labute approximate surface area is 186 Å². The molecule has 0 spiro atoms. The van der Waals surface area contributed by atoms with Gasteiger partial charge in [0.15, 0.2) is 5.72 Å². The Hall–Kier alpha value is -3.62. The van der Waals surface area contributed by atoms with Gasteiger partial charge in [0.05, 0.1) is 11.1 Å². The van der Waals surface area contributed by atoms with Crippen molar-refractivity contribution >= 4 is 23.2 Å². The highest BCUT2D eigenvalue weighted by Gasteiger charge is 2.41. The first-order valence-electron chi connectivity index (χ1n) is 10.2. The maximum Gasteiger partial charge on any atom is 0.416 e. The van der Waals surface area contributed by atoms with Crippen LogP contribution in [-0.4, -0.2) is 18.1 Å². The number of ether oxygens (including phenoxy) is 2. The molecule has 1 amide bonds. The molecule has 4 rings (SSSR count). The van der Waals surface area contributed by atoms with Gasteiger partial charge in [0.1, 0.15) is 18.2 Å². The molecule has 1 saturated carbocycles. The number of carbonyl (C=O) groups excluding carboxylic acids is 2. The molecule has 0 bridgehead atoms. The smallest absolute Gasteiger partial charge is 0.416 e. The van der Waals surface area contributed by atoms with Crippen molar-refractivity contribution < 1.29 is 36.6 Å². The van der Waals surface area contributed by atoms with Crippen LogP contribution in [-0.2, 0) is 22.3 Å². The topological polar surface area (TPSA) is 64.6 Å². The molecule has 5 nitrogen and oxygen atoms in total. The number of hydrogen-bond acceptors (Lipinski definition) is 4. The molecule has 0 aromatic heterocycles. The van der Waals surface area contributed by atoms with Crippen LogP contribution in [0.2, 0.25) is 0 Å². The lowest BCUT2D eigenvalue weighted by Gasteiger charge is -2.40. The van der Waals surface area contributed by atoms with Crippen LogP contribution in [0, 0.1) is 5.82 Å². The van der Waals surface area contributed by atoms with Crippen LogP contribution in [0.4, 0.5) is 17.6 Å². The molecule has 3 aromatic carbocycles. The van der Waals surface area contributed by atoms with Gasteiger partial charge >= 0.3 is 6.18 Å². The van der Waals surface area contributed by atoms with E-state index in [1.807, 2.05) is 0 Å². The molecular weight excluding hydrogens is 442 g/mol. The Balaban J connectivity index is 1.66. The summed E-state index contributed by atoms with van der Waals surface area (Å²) in [4.78, 5) is 23.9. The van der Waals surface area contributed by atoms with Gasteiger partial charge in [-0.2, -0.15) is 13.2 Å². The number of amides is 1. The van der Waals surface area contributed by atoms with Gasteiger partial charge < -0.3 is 14.8 Å². The molecule has 0 atom stereocenters. The minimum atomic E-state index is -4.46. The van der Waals surface area contributed by atoms with E-state index >= 15 is 0 Å². The minimum Gasteiger partial charge on any atom is -0.487 e. The van der Waals surface area contributed by atoms with E-state index in [2.05, 4.69) is 5.32 Å². The molecule has 0 heterocycles. The quantitative estimate of drug-likeness (QED) is 0.292. The predicted octanol–water partition coefficient (Wildman–Crippen LogP) is 5.36. The summed E-state index contributed by atoms with van der Waals surface area (Å²) in [5, 5.41) is 3.19. The van der Waals surface area contributed by atoms with Crippen molar-refractivity contribution in [2.24, 2.45) is 0 Å². The lowest BCUT2D eigenvalue weighted by atomic mass is 9.87. The first kappa shape index (κ1) is 22.6. The SMILES string of the molecule is O=COC1(NC(=O)c2cc(F)c3ccccc3c2OCc2ccc(C(F)(F)F)cc2)CCC1. The summed E-state index contributed by atoms with van der Waals surface area (Å²) in [5.74, 6) is -1.26. The normalized spacial score (nSPS) is 14.9. The van der Waals surface area contributed by atoms with Gasteiger partial charge in [0.2, 0.25) is 0 Å². The van der Waals surface area contributed by atoms with Crippen LogP contribution in [0.3, 0.4) is 0 Å². The van der Waals surface area contributed by atoms with Gasteiger partial charge in [-0.1, -0.05) is 36.4 Å². The summed E-state index contributed by atoms with van der Waals surface area (Å²) in [5.41, 5.74) is -1.62. The zero-order chi connectivity index (χ0) is 23.6. The molecule has 1 fully saturated rings. The lowest BCUT2D eigenvalue weighted by molar-refractivity contribution is -0.156. The molecule has 172 valence electrons. The second-order valence-corrected chi connectivity index (χ2v) is 7.78. The lowest BCUT2D eigenvalue weighted by Crippen LogP contribution is -2.55. The van der Waals surface area contributed by atoms with E-state index < -0.39 is 29.2 Å². The van der Waals surface area contributed by atoms with Crippen LogP contribution in [0.5, 0.6) is 5.75 Å². The van der Waals surface area contributed by atoms with Crippen molar-refractivity contribution in [3.05, 3.63) is 77.1 Å². The number of alkyl halides is 3. The molecule has 0 saturated heterocycles. The summed E-state index contributed by atoms with van der Waals surface area (Å²) in [6, 6.07) is 11.8. The summed E-state index contributed by atoms with van der Waals surface area (Å²) >= 11 is 0. The van der Waals surface area contributed by atoms with Gasteiger partial charge in [0, 0.05) is 23.6 Å². The molecule has 0 aliphatic heterocycles. The molecule has 9 heteroatoms. The summed E-state index contributed by atoms with van der Waals surface area (Å²) in [7, 11) is 0. The Bertz CT molecular complexity index is 1190. The third kappa shape index (κ3) is 4.62. The van der Waals surface area contributed by atoms with Crippen molar-refractivity contribution in [3.8, 4) is 5.75 Å². The Morgan fingerprint density at radius 1 is 1.06 bits per heavy atom. The number of nitrogens with one attached hydrogen (secondary N) is 1. The van der Waals surface area contributed by atoms with Gasteiger partial charge in [0.25, 0.3) is 12.4 Å². The third-order valence-electron chi connectivity index (χ3n) is 5.63. The molecule has 1 aliphatic carbocycles. The number of carbonyl (C=O) groups is 2. The number of hydrogen-bond donors (Lipinski definition) is 1. The van der Waals surface area contributed by atoms with Crippen molar-refractivity contribution in [1.29, 1.82) is 0 Å². The first-order chi connectivity index (χ1) is 15.7. The van der Waals surface area contributed by atoms with E-state index in [1.165, 1.54) is 18.2 Å². The standard InChI is InChI=1S/C24H19F4NO4/c25-20-12-19(22(31)29-23(33-14-30)10-3-11-23)21(18-5-2-1-4-17(18)20)32-13-15-6-8-16(9-7-15)24(26,27)28/h1-2,4-9,12,14H,3,10-11,13H2,(H,29,31). The second-order valence-electron chi connectivity index (χ2n) is 7.78. The fraction of sp³-hybridized carbons (Fsp3) is 0.250. The molecule has 1 N–H and O–H groups in total. The fourth-order valence-electron chi connectivity index (χ4n) is 3.71. The molecule has 0 unspecified atom stereocenters. The highest BCUT2D eigenvalue weighted by Crippen LogP contribution is 2.36. The van der Waals surface area contributed by atoms with E-state index in [9.17, 15) is 27.2 Å². The van der Waals surface area contributed by atoms with Crippen LogP contribution < -0.4 is 10.1 Å². The Kier molecular flexibility index (Phi) is 5.97. The van der Waals surface area contributed by atoms with Gasteiger partial charge in [-0.3, -0.25) is 9.59 Å². The third-order valence-corrected chi connectivity index (χ3v) is 5.63. The molecular formula is C24H19F4NO4. The maximum atomic E-state index is 14.8. The number of fused-ring (bicyclic) bond motifs is 1. The first-order valence-corrected chi connectivity index (χ1v) is 10.2. The van der Waals surface area contributed by atoms with Crippen LogP contribution in [0.15, 0.2) is 54.6 Å². The highest BCUT2D eigenvalue weighted by molar-refractivity contribution is 6.04. The van der Waals surface area contributed by atoms with Crippen molar-refractivity contribution in [3.63, 3.8) is 0 Å². The van der Waals surface area contributed by atoms with Crippen LogP contribution >= 0.6 is 0 Å². The van der Waals surface area contributed by atoms with Gasteiger partial charge in [-0.25, -0.2) is 4.39 Å². The van der Waals surface area contributed by atoms with E-state index in [-0.39, 0.29) is 29.8 Å². The number of rotatable bonds is 7. The summed E-state index contributed by atoms with van der Waals surface area (Å²) < 4.78 is 64.1. The largest absolute Gasteiger partial charge is 0.487 e. The van der Waals surface area contributed by atoms with Crippen molar-refractivity contribution in [2.45, 2.75) is 37.8 Å². The number of halogens is 4.